The van der Waals surface area contributed by atoms with E-state index in [1.165, 1.54) is 10.9 Å². The summed E-state index contributed by atoms with van der Waals surface area (Å²) in [4.78, 5) is 6.90. The van der Waals surface area contributed by atoms with Gasteiger partial charge in [0.15, 0.2) is 0 Å². The molecule has 13 aromatic rings. The van der Waals surface area contributed by atoms with Crippen molar-refractivity contribution in [1.29, 1.82) is 0 Å². The number of rotatable bonds is 10. The van der Waals surface area contributed by atoms with Crippen molar-refractivity contribution >= 4 is 155 Å². The fourth-order valence-corrected chi connectivity index (χ4v) is 15.8. The van der Waals surface area contributed by atoms with Crippen molar-refractivity contribution in [2.75, 3.05) is 30.6 Å². The number of para-hydroxylation sites is 8. The molecule has 0 spiro atoms. The minimum Gasteiger partial charge on any atom is -0.458 e. The van der Waals surface area contributed by atoms with Gasteiger partial charge in [-0.1, -0.05) is 158 Å². The van der Waals surface area contributed by atoms with Gasteiger partial charge in [0.25, 0.3) is 20.1 Å². The van der Waals surface area contributed by atoms with Gasteiger partial charge in [-0.15, -0.1) is 0 Å². The molecule has 0 aromatic heterocycles. The largest absolute Gasteiger partial charge is 0.458 e. The molecular weight excluding hydrogens is 1150 g/mol. The molecule has 0 unspecified atom stereocenters. The average Bonchev–Trinajstić information content (AvgIpc) is 0.701. The van der Waals surface area contributed by atoms with Gasteiger partial charge in [0, 0.05) is 93.2 Å². The Morgan fingerprint density at radius 1 is 0.272 bits per heavy atom. The van der Waals surface area contributed by atoms with E-state index in [2.05, 4.69) is 322 Å². The summed E-state index contributed by atoms with van der Waals surface area (Å²) in [5.74, 6) is 6.23. The van der Waals surface area contributed by atoms with Crippen LogP contribution in [0, 0.1) is 0 Å². The molecule has 1 N–H and O–H groups in total. The Bertz CT molecular complexity index is 5020. The van der Waals surface area contributed by atoms with Crippen molar-refractivity contribution in [2.24, 2.45) is 0 Å². The smallest absolute Gasteiger partial charge is 0.260 e. The Morgan fingerprint density at radius 3 is 1.09 bits per heavy atom. The summed E-state index contributed by atoms with van der Waals surface area (Å²) < 4.78 is 31.5. The maximum atomic E-state index is 7.56. The van der Waals surface area contributed by atoms with E-state index in [9.17, 15) is 0 Å². The summed E-state index contributed by atoms with van der Waals surface area (Å²) >= 11 is 1.70. The molecule has 0 saturated carbocycles. The van der Waals surface area contributed by atoms with E-state index >= 15 is 0 Å². The van der Waals surface area contributed by atoms with E-state index in [0.717, 1.165) is 158 Å². The van der Waals surface area contributed by atoms with Crippen LogP contribution in [0.5, 0.6) is 46.0 Å². The molecule has 6 aliphatic rings. The van der Waals surface area contributed by atoms with Gasteiger partial charge in [-0.05, 0) is 159 Å². The van der Waals surface area contributed by atoms with Gasteiger partial charge in [-0.25, -0.2) is 0 Å². The van der Waals surface area contributed by atoms with Crippen LogP contribution >= 0.6 is 11.9 Å². The molecule has 0 bridgehead atoms. The van der Waals surface area contributed by atoms with Crippen LogP contribution in [0.15, 0.2) is 291 Å². The van der Waals surface area contributed by atoms with Gasteiger partial charge >= 0.3 is 0 Å². The van der Waals surface area contributed by atoms with E-state index in [1.54, 1.807) is 11.9 Å². The minimum atomic E-state index is -0.277. The van der Waals surface area contributed by atoms with E-state index in [-0.39, 0.29) is 20.1 Å². The third kappa shape index (κ3) is 8.18. The topological polar surface area (TPSA) is 61.9 Å². The first-order chi connectivity index (χ1) is 45.6. The molecule has 13 aromatic carbocycles. The fraction of sp³-hybridized carbons (Fsp3) is 0.0127. The van der Waals surface area contributed by atoms with Crippen molar-refractivity contribution in [3.63, 3.8) is 0 Å². The third-order valence-corrected chi connectivity index (χ3v) is 19.6. The van der Waals surface area contributed by atoms with Gasteiger partial charge < -0.3 is 39.0 Å². The monoisotopic (exact) mass is 1200 g/mol. The molecular formula is C79H52B3N5O4S. The molecule has 0 radical (unpaired) electrons. The minimum absolute atomic E-state index is 0.159. The zero-order valence-corrected chi connectivity index (χ0v) is 50.6. The van der Waals surface area contributed by atoms with E-state index in [1.807, 2.05) is 0 Å². The number of anilines is 13. The molecule has 6 aliphatic heterocycles. The van der Waals surface area contributed by atoms with E-state index in [0.29, 0.717) is 0 Å². The van der Waals surface area contributed by atoms with Crippen LogP contribution in [0.3, 0.4) is 0 Å². The number of nitrogens with one attached hydrogen (secondary N) is 1. The summed E-state index contributed by atoms with van der Waals surface area (Å²) in [5.41, 5.74) is 23.1. The van der Waals surface area contributed by atoms with Crippen LogP contribution in [0.2, 0.25) is 0 Å². The first kappa shape index (κ1) is 52.5. The molecule has 19 rings (SSSR count). The molecule has 13 heteroatoms. The molecule has 0 fully saturated rings. The first-order valence-corrected chi connectivity index (χ1v) is 32.4. The standard InChI is InChI=1S/C79H52B3N5O4S/c1-92-87-67-48-65-61(80-59-36-20-22-38-69(59)88-73-42-56(40-66(83-65)77(73)80)84(50-24-8-2-9-25-50)51-26-10-3-11-27-51)46-62(67)82-64-47-63-71(49-72(64)90-74-43-57(41-68(87)78(74)82)85(52-28-12-4-13-29-52)53-30-14-5-15-31-53)91-76-45-58(44-75-79(76)81(63)60-37-21-23-39-70(60)89-75)86(54-32-16-6-17-33-54)55-34-18-7-19-35-55/h2-49,83H,1H3. The van der Waals surface area contributed by atoms with Crippen LogP contribution in [0.25, 0.3) is 0 Å². The highest BCUT2D eigenvalue weighted by Crippen LogP contribution is 2.49. The van der Waals surface area contributed by atoms with Crippen LogP contribution in [-0.2, 0) is 0 Å². The SMILES string of the molecule is CSN1c2cc3c(cc2B2c4cc5c(cc4Oc4cc(N(c6ccccc6)c6ccccc6)cc1c42)Oc1cc(N(c2ccccc2)c2ccccc2)cc2c1B5c1ccccc1O2)B1c2ccccc2Oc2cc(N(c4ccccc4)c4ccccc4)cc(c21)N3. The third-order valence-electron chi connectivity index (χ3n) is 18.9. The number of fused-ring (bicyclic) bond motifs is 12. The Morgan fingerprint density at radius 2 is 0.630 bits per heavy atom. The maximum Gasteiger partial charge on any atom is 0.260 e. The molecule has 0 saturated heterocycles. The highest BCUT2D eigenvalue weighted by Gasteiger charge is 2.49. The lowest BCUT2D eigenvalue weighted by Gasteiger charge is -2.42. The second kappa shape index (κ2) is 20.8. The normalized spacial score (nSPS) is 13.2. The fourth-order valence-electron chi connectivity index (χ4n) is 15.1. The molecule has 432 valence electrons. The Kier molecular flexibility index (Phi) is 11.9. The Hall–Kier alpha value is -11.4. The lowest BCUT2D eigenvalue weighted by atomic mass is 9.30. The number of nitrogens with zero attached hydrogens (tertiary/aromatic N) is 4. The highest BCUT2D eigenvalue weighted by molar-refractivity contribution is 8.00. The van der Waals surface area contributed by atoms with Crippen LogP contribution in [-0.4, -0.2) is 26.4 Å². The van der Waals surface area contributed by atoms with Crippen LogP contribution in [0.4, 0.5) is 73.9 Å². The van der Waals surface area contributed by atoms with Crippen LogP contribution in [0.1, 0.15) is 0 Å². The summed E-state index contributed by atoms with van der Waals surface area (Å²) in [7, 11) is 0. The van der Waals surface area contributed by atoms with Crippen molar-refractivity contribution in [2.45, 2.75) is 0 Å². The summed E-state index contributed by atoms with van der Waals surface area (Å²) in [6.45, 7) is -0.658. The highest BCUT2D eigenvalue weighted by atomic mass is 32.2. The van der Waals surface area contributed by atoms with Crippen molar-refractivity contribution < 1.29 is 18.9 Å². The lowest BCUT2D eigenvalue weighted by Crippen LogP contribution is -2.64. The first-order valence-electron chi connectivity index (χ1n) is 31.2. The molecule has 0 amide bonds. The van der Waals surface area contributed by atoms with Crippen LogP contribution < -0.4 is 92.4 Å². The summed E-state index contributed by atoms with van der Waals surface area (Å²) in [5, 5.41) is 4.08. The van der Waals surface area contributed by atoms with Gasteiger partial charge in [-0.2, -0.15) is 0 Å². The summed E-state index contributed by atoms with van der Waals surface area (Å²) in [6, 6.07) is 103. The van der Waals surface area contributed by atoms with E-state index < -0.39 is 0 Å². The Balaban J connectivity index is 0.828. The van der Waals surface area contributed by atoms with Crippen molar-refractivity contribution in [1.82, 2.24) is 0 Å². The maximum absolute atomic E-state index is 7.56. The molecule has 9 nitrogen and oxygen atoms in total. The zero-order valence-electron chi connectivity index (χ0n) is 49.8. The summed E-state index contributed by atoms with van der Waals surface area (Å²) in [6.07, 6.45) is 2.18. The number of benzene rings is 13. The quantitative estimate of drug-likeness (QED) is 0.106. The number of ether oxygens (including phenoxy) is 4. The molecule has 6 heterocycles. The molecule has 0 atom stereocenters. The molecule has 0 aliphatic carbocycles. The lowest BCUT2D eigenvalue weighted by molar-refractivity contribution is 0.456. The van der Waals surface area contributed by atoms with Gasteiger partial charge in [-0.3, -0.25) is 4.31 Å². The van der Waals surface area contributed by atoms with E-state index in [4.69, 9.17) is 18.9 Å². The number of hydrogen-bond donors (Lipinski definition) is 1. The zero-order chi connectivity index (χ0) is 60.5. The molecule has 92 heavy (non-hydrogen) atoms. The predicted molar refractivity (Wildman–Crippen MR) is 382 cm³/mol. The van der Waals surface area contributed by atoms with Crippen molar-refractivity contribution in [3.05, 3.63) is 291 Å². The second-order valence-electron chi connectivity index (χ2n) is 24.0. The van der Waals surface area contributed by atoms with Gasteiger partial charge in [0.2, 0.25) is 0 Å². The second-order valence-corrected chi connectivity index (χ2v) is 24.7. The predicted octanol–water partition coefficient (Wildman–Crippen LogP) is 14.9. The Labute approximate surface area is 538 Å². The van der Waals surface area contributed by atoms with Crippen molar-refractivity contribution in [3.8, 4) is 46.0 Å². The van der Waals surface area contributed by atoms with Gasteiger partial charge in [0.1, 0.15) is 46.0 Å². The average molecular weight is 1200 g/mol. The van der Waals surface area contributed by atoms with Gasteiger partial charge in [0.05, 0.1) is 22.7 Å². The number of hydrogen-bond acceptors (Lipinski definition) is 10.